The molecular formula is C18H24ClN7OSi. The lowest BCUT2D eigenvalue weighted by Gasteiger charge is -2.36. The van der Waals surface area contributed by atoms with Crippen LogP contribution in [0.15, 0.2) is 24.5 Å². The van der Waals surface area contributed by atoms with Gasteiger partial charge in [-0.05, 0) is 18.1 Å². The van der Waals surface area contributed by atoms with Gasteiger partial charge < -0.3 is 14.6 Å². The van der Waals surface area contributed by atoms with E-state index in [-0.39, 0.29) is 10.2 Å². The Hall–Kier alpha value is -2.41. The van der Waals surface area contributed by atoms with E-state index >= 15 is 0 Å². The standard InChI is InChI=1S/C18H24ClN7OSi/c1-18(2,3)28(5,6)27-10-9-25-8-7-15(24-25)22-13-11-14(19)23-26-16(20-4)12-21-17(13)26/h7-8,11-12H,9-10H2,1-3,5-6H3,(H,22,24). The molecule has 10 heteroatoms. The molecule has 3 rings (SSSR count). The fourth-order valence-electron chi connectivity index (χ4n) is 2.40. The molecule has 0 saturated heterocycles. The summed E-state index contributed by atoms with van der Waals surface area (Å²) in [6.07, 6.45) is 3.36. The maximum absolute atomic E-state index is 7.19. The summed E-state index contributed by atoms with van der Waals surface area (Å²) in [6.45, 7) is 19.6. The van der Waals surface area contributed by atoms with Crippen LogP contribution in [0.5, 0.6) is 0 Å². The first kappa shape index (κ1) is 20.3. The molecule has 8 nitrogen and oxygen atoms in total. The number of hydrogen-bond acceptors (Lipinski definition) is 5. The third kappa shape index (κ3) is 4.19. The minimum atomic E-state index is -1.76. The normalized spacial score (nSPS) is 12.3. The summed E-state index contributed by atoms with van der Waals surface area (Å²) in [7, 11) is -1.76. The summed E-state index contributed by atoms with van der Waals surface area (Å²) in [5.74, 6) is 0.956. The zero-order valence-corrected chi connectivity index (χ0v) is 18.4. The molecule has 0 fully saturated rings. The summed E-state index contributed by atoms with van der Waals surface area (Å²) >= 11 is 6.09. The molecule has 0 radical (unpaired) electrons. The van der Waals surface area contributed by atoms with E-state index in [0.29, 0.717) is 36.1 Å². The van der Waals surface area contributed by atoms with E-state index in [2.05, 4.69) is 59.2 Å². The maximum Gasteiger partial charge on any atom is 0.275 e. The SMILES string of the molecule is [C-]#[N+]c1cnc2c(Nc3ccn(CCO[Si](C)(C)C(C)(C)C)n3)cc(Cl)nn12. The van der Waals surface area contributed by atoms with Crippen molar-refractivity contribution < 1.29 is 4.43 Å². The lowest BCUT2D eigenvalue weighted by molar-refractivity contribution is 0.266. The topological polar surface area (TPSA) is 73.6 Å². The smallest absolute Gasteiger partial charge is 0.275 e. The van der Waals surface area contributed by atoms with E-state index in [1.165, 1.54) is 10.7 Å². The van der Waals surface area contributed by atoms with Crippen LogP contribution in [0.3, 0.4) is 0 Å². The number of hydrogen-bond donors (Lipinski definition) is 1. The molecule has 0 aliphatic heterocycles. The van der Waals surface area contributed by atoms with Gasteiger partial charge in [0.25, 0.3) is 11.5 Å². The Morgan fingerprint density at radius 1 is 1.32 bits per heavy atom. The summed E-state index contributed by atoms with van der Waals surface area (Å²) in [6, 6.07) is 3.53. The predicted molar refractivity (Wildman–Crippen MR) is 113 cm³/mol. The molecule has 0 aliphatic rings. The number of aromatic nitrogens is 5. The van der Waals surface area contributed by atoms with Crippen LogP contribution >= 0.6 is 11.6 Å². The van der Waals surface area contributed by atoms with Crippen LogP contribution in [0.25, 0.3) is 10.5 Å². The highest BCUT2D eigenvalue weighted by atomic mass is 35.5. The Labute approximate surface area is 170 Å². The van der Waals surface area contributed by atoms with Crippen molar-refractivity contribution in [2.45, 2.75) is 45.4 Å². The average Bonchev–Trinajstić information content (AvgIpc) is 3.20. The van der Waals surface area contributed by atoms with Crippen molar-refractivity contribution in [2.24, 2.45) is 0 Å². The van der Waals surface area contributed by atoms with E-state index in [9.17, 15) is 0 Å². The van der Waals surface area contributed by atoms with E-state index in [4.69, 9.17) is 22.6 Å². The number of imidazole rings is 1. The highest BCUT2D eigenvalue weighted by Crippen LogP contribution is 2.36. The maximum atomic E-state index is 7.19. The Morgan fingerprint density at radius 2 is 2.07 bits per heavy atom. The van der Waals surface area contributed by atoms with Crippen molar-refractivity contribution in [1.82, 2.24) is 24.4 Å². The predicted octanol–water partition coefficient (Wildman–Crippen LogP) is 4.90. The molecule has 148 valence electrons. The van der Waals surface area contributed by atoms with Gasteiger partial charge in [0.15, 0.2) is 19.3 Å². The molecule has 0 aliphatic carbocycles. The Bertz CT molecular complexity index is 1030. The molecule has 0 amide bonds. The minimum Gasteiger partial charge on any atom is -0.415 e. The molecular weight excluding hydrogens is 394 g/mol. The van der Waals surface area contributed by atoms with Gasteiger partial charge in [0.1, 0.15) is 5.69 Å². The zero-order chi connectivity index (χ0) is 20.5. The van der Waals surface area contributed by atoms with Crippen LogP contribution in [0, 0.1) is 6.57 Å². The molecule has 0 atom stereocenters. The Balaban J connectivity index is 1.70. The monoisotopic (exact) mass is 417 g/mol. The second-order valence-corrected chi connectivity index (χ2v) is 13.2. The van der Waals surface area contributed by atoms with Crippen LogP contribution in [0.1, 0.15) is 20.8 Å². The molecule has 0 bridgehead atoms. The lowest BCUT2D eigenvalue weighted by atomic mass is 10.2. The molecule has 0 saturated carbocycles. The highest BCUT2D eigenvalue weighted by molar-refractivity contribution is 6.74. The summed E-state index contributed by atoms with van der Waals surface area (Å²) in [4.78, 5) is 7.64. The van der Waals surface area contributed by atoms with Gasteiger partial charge in [-0.1, -0.05) is 44.0 Å². The molecule has 0 aromatic carbocycles. The van der Waals surface area contributed by atoms with Crippen LogP contribution in [0.2, 0.25) is 23.3 Å². The average molecular weight is 418 g/mol. The van der Waals surface area contributed by atoms with Crippen molar-refractivity contribution in [1.29, 1.82) is 0 Å². The van der Waals surface area contributed by atoms with Gasteiger partial charge in [-0.2, -0.15) is 5.10 Å². The van der Waals surface area contributed by atoms with Gasteiger partial charge >= 0.3 is 0 Å². The minimum absolute atomic E-state index is 0.185. The fraction of sp³-hybridized carbons (Fsp3) is 0.444. The van der Waals surface area contributed by atoms with Gasteiger partial charge in [0, 0.05) is 18.3 Å². The third-order valence-corrected chi connectivity index (χ3v) is 9.75. The fourth-order valence-corrected chi connectivity index (χ4v) is 3.62. The van der Waals surface area contributed by atoms with Crippen LogP contribution < -0.4 is 5.32 Å². The Morgan fingerprint density at radius 3 is 2.75 bits per heavy atom. The summed E-state index contributed by atoms with van der Waals surface area (Å²) in [5.41, 5.74) is 1.16. The molecule has 3 aromatic heterocycles. The van der Waals surface area contributed by atoms with E-state index in [0.717, 1.165) is 0 Å². The molecule has 1 N–H and O–H groups in total. The van der Waals surface area contributed by atoms with Gasteiger partial charge in [-0.3, -0.25) is 4.68 Å². The van der Waals surface area contributed by atoms with Crippen LogP contribution in [-0.4, -0.2) is 39.3 Å². The molecule has 0 spiro atoms. The number of rotatable bonds is 6. The van der Waals surface area contributed by atoms with Crippen molar-refractivity contribution in [3.63, 3.8) is 0 Å². The number of nitrogens with one attached hydrogen (secondary N) is 1. The van der Waals surface area contributed by atoms with Crippen molar-refractivity contribution in [3.05, 3.63) is 41.1 Å². The Kier molecular flexibility index (Phi) is 5.47. The first-order valence-corrected chi connectivity index (χ1v) is 12.3. The van der Waals surface area contributed by atoms with E-state index in [1.807, 2.05) is 16.9 Å². The summed E-state index contributed by atoms with van der Waals surface area (Å²) in [5, 5.41) is 12.3. The lowest BCUT2D eigenvalue weighted by Crippen LogP contribution is -2.41. The molecule has 3 aromatic rings. The summed E-state index contributed by atoms with van der Waals surface area (Å²) < 4.78 is 9.46. The number of anilines is 2. The number of nitrogens with zero attached hydrogens (tertiary/aromatic N) is 6. The first-order valence-electron chi connectivity index (χ1n) is 8.97. The van der Waals surface area contributed by atoms with E-state index in [1.54, 1.807) is 6.07 Å². The van der Waals surface area contributed by atoms with Crippen LogP contribution in [-0.2, 0) is 11.0 Å². The third-order valence-electron chi connectivity index (χ3n) is 5.03. The largest absolute Gasteiger partial charge is 0.415 e. The second-order valence-electron chi connectivity index (χ2n) is 8.04. The van der Waals surface area contributed by atoms with Gasteiger partial charge in [0.2, 0.25) is 0 Å². The van der Waals surface area contributed by atoms with Crippen molar-refractivity contribution in [2.75, 3.05) is 11.9 Å². The molecule has 0 unspecified atom stereocenters. The van der Waals surface area contributed by atoms with Crippen molar-refractivity contribution >= 4 is 42.9 Å². The van der Waals surface area contributed by atoms with Gasteiger partial charge in [-0.25, -0.2) is 4.98 Å². The van der Waals surface area contributed by atoms with E-state index < -0.39 is 8.32 Å². The van der Waals surface area contributed by atoms with Crippen LogP contribution in [0.4, 0.5) is 17.3 Å². The van der Waals surface area contributed by atoms with Gasteiger partial charge in [-0.15, -0.1) is 4.52 Å². The second kappa shape index (κ2) is 7.54. The highest BCUT2D eigenvalue weighted by Gasteiger charge is 2.36. The van der Waals surface area contributed by atoms with Crippen molar-refractivity contribution in [3.8, 4) is 0 Å². The zero-order valence-electron chi connectivity index (χ0n) is 16.7. The first-order chi connectivity index (χ1) is 13.1. The quantitative estimate of drug-likeness (QED) is 0.456. The number of halogens is 1. The number of fused-ring (bicyclic) bond motifs is 1. The molecule has 28 heavy (non-hydrogen) atoms. The van der Waals surface area contributed by atoms with Gasteiger partial charge in [0.05, 0.1) is 19.3 Å². The molecule has 3 heterocycles.